The Balaban J connectivity index is 1.36. The van der Waals surface area contributed by atoms with E-state index in [2.05, 4.69) is 25.0 Å². The Morgan fingerprint density at radius 3 is 2.68 bits per heavy atom. The van der Waals surface area contributed by atoms with Crippen LogP contribution in [0.4, 0.5) is 28.0 Å². The average Bonchev–Trinajstić information content (AvgIpc) is 3.48. The molecule has 15 heteroatoms. The number of hydrogen-bond donors (Lipinski definition) is 1. The van der Waals surface area contributed by atoms with Crippen LogP contribution in [0.5, 0.6) is 0 Å². The van der Waals surface area contributed by atoms with Crippen LogP contribution in [0.2, 0.25) is 0 Å². The smallest absolute Gasteiger partial charge is 0.413 e. The minimum atomic E-state index is -4.84. The first-order valence-electron chi connectivity index (χ1n) is 11.3. The highest BCUT2D eigenvalue weighted by atomic mass is 32.2. The monoisotopic (exact) mass is 552 g/mol. The summed E-state index contributed by atoms with van der Waals surface area (Å²) < 4.78 is 84.1. The zero-order valence-electron chi connectivity index (χ0n) is 19.7. The molecular formula is C23H20F4N6O4S. The minimum absolute atomic E-state index is 0.0699. The predicted molar refractivity (Wildman–Crippen MR) is 127 cm³/mol. The lowest BCUT2D eigenvalue weighted by Gasteiger charge is -2.35. The number of hydrogen-bond acceptors (Lipinski definition) is 7. The SMILES string of the molecule is Cn1ncc2ccc(NC(=O)N3CCS(=O)(=O)CC3Cc3ccc(-c4nnc(C(F)(F)F)o4)cc3F)cc21. The lowest BCUT2D eigenvalue weighted by atomic mass is 10.0. The van der Waals surface area contributed by atoms with E-state index in [1.165, 1.54) is 17.0 Å². The fourth-order valence-electron chi connectivity index (χ4n) is 4.29. The summed E-state index contributed by atoms with van der Waals surface area (Å²) in [5.41, 5.74) is 1.25. The Kier molecular flexibility index (Phi) is 6.33. The average molecular weight is 553 g/mol. The second-order valence-corrected chi connectivity index (χ2v) is 11.1. The number of sulfone groups is 1. The number of amides is 2. The maximum absolute atomic E-state index is 15.0. The number of anilines is 1. The molecule has 2 aromatic carbocycles. The van der Waals surface area contributed by atoms with E-state index in [0.717, 1.165) is 17.0 Å². The molecule has 5 rings (SSSR count). The van der Waals surface area contributed by atoms with Gasteiger partial charge in [0.25, 0.3) is 0 Å². The van der Waals surface area contributed by atoms with Crippen LogP contribution >= 0.6 is 0 Å². The molecule has 38 heavy (non-hydrogen) atoms. The summed E-state index contributed by atoms with van der Waals surface area (Å²) in [5, 5.41) is 14.0. The molecule has 1 N–H and O–H groups in total. The summed E-state index contributed by atoms with van der Waals surface area (Å²) in [4.78, 5) is 14.5. The third kappa shape index (κ3) is 5.18. The van der Waals surface area contributed by atoms with Gasteiger partial charge in [-0.05, 0) is 42.3 Å². The first-order chi connectivity index (χ1) is 17.9. The molecule has 1 fully saturated rings. The third-order valence-corrected chi connectivity index (χ3v) is 7.91. The van der Waals surface area contributed by atoms with Gasteiger partial charge in [-0.3, -0.25) is 4.68 Å². The predicted octanol–water partition coefficient (Wildman–Crippen LogP) is 3.65. The molecule has 1 saturated heterocycles. The molecule has 2 aromatic heterocycles. The van der Waals surface area contributed by atoms with Crippen molar-refractivity contribution < 1.29 is 35.2 Å². The zero-order valence-corrected chi connectivity index (χ0v) is 20.6. The molecule has 1 atom stereocenters. The second kappa shape index (κ2) is 9.38. The molecule has 0 aliphatic carbocycles. The van der Waals surface area contributed by atoms with E-state index in [9.17, 15) is 30.8 Å². The molecule has 1 unspecified atom stereocenters. The van der Waals surface area contributed by atoms with Gasteiger partial charge in [-0.1, -0.05) is 6.07 Å². The van der Waals surface area contributed by atoms with Crippen molar-refractivity contribution in [3.05, 3.63) is 59.9 Å². The summed E-state index contributed by atoms with van der Waals surface area (Å²) >= 11 is 0. The highest BCUT2D eigenvalue weighted by Gasteiger charge is 2.38. The lowest BCUT2D eigenvalue weighted by molar-refractivity contribution is -0.156. The first kappa shape index (κ1) is 25.6. The van der Waals surface area contributed by atoms with Crippen molar-refractivity contribution in [2.24, 2.45) is 7.05 Å². The quantitative estimate of drug-likeness (QED) is 0.384. The van der Waals surface area contributed by atoms with Gasteiger partial charge in [-0.15, -0.1) is 10.2 Å². The number of benzene rings is 2. The molecule has 0 radical (unpaired) electrons. The van der Waals surface area contributed by atoms with Crippen LogP contribution < -0.4 is 5.32 Å². The van der Waals surface area contributed by atoms with E-state index in [4.69, 9.17) is 0 Å². The van der Waals surface area contributed by atoms with Crippen LogP contribution in [0.3, 0.4) is 0 Å². The number of nitrogens with one attached hydrogen (secondary N) is 1. The van der Waals surface area contributed by atoms with Crippen LogP contribution in [0.15, 0.2) is 47.0 Å². The van der Waals surface area contributed by atoms with E-state index in [1.807, 2.05) is 0 Å². The molecule has 10 nitrogen and oxygen atoms in total. The Labute approximate surface area is 213 Å². The van der Waals surface area contributed by atoms with Crippen molar-refractivity contribution in [2.75, 3.05) is 23.4 Å². The second-order valence-electron chi connectivity index (χ2n) is 8.85. The summed E-state index contributed by atoms with van der Waals surface area (Å²) in [5.74, 6) is -3.51. The van der Waals surface area contributed by atoms with E-state index in [0.29, 0.717) is 5.69 Å². The molecule has 0 bridgehead atoms. The first-order valence-corrected chi connectivity index (χ1v) is 13.1. The number of nitrogens with zero attached hydrogens (tertiary/aromatic N) is 5. The van der Waals surface area contributed by atoms with Gasteiger partial charge in [0.05, 0.1) is 29.3 Å². The summed E-state index contributed by atoms with van der Waals surface area (Å²) in [6.07, 6.45) is -3.30. The summed E-state index contributed by atoms with van der Waals surface area (Å²) in [7, 11) is -1.73. The number of halogens is 4. The van der Waals surface area contributed by atoms with Crippen LogP contribution in [0.1, 0.15) is 11.5 Å². The molecule has 4 aromatic rings. The molecule has 0 spiro atoms. The molecule has 200 valence electrons. The topological polar surface area (TPSA) is 123 Å². The van der Waals surface area contributed by atoms with Gasteiger partial charge < -0.3 is 14.6 Å². The van der Waals surface area contributed by atoms with Crippen molar-refractivity contribution >= 4 is 32.5 Å². The summed E-state index contributed by atoms with van der Waals surface area (Å²) in [6.45, 7) is -0.0886. The van der Waals surface area contributed by atoms with Gasteiger partial charge in [-0.25, -0.2) is 17.6 Å². The van der Waals surface area contributed by atoms with E-state index in [1.54, 1.807) is 36.1 Å². The van der Waals surface area contributed by atoms with Gasteiger partial charge in [0.1, 0.15) is 5.82 Å². The molecule has 2 amide bonds. The molecular weight excluding hydrogens is 532 g/mol. The van der Waals surface area contributed by atoms with Crippen molar-refractivity contribution in [2.45, 2.75) is 18.6 Å². The third-order valence-electron chi connectivity index (χ3n) is 6.21. The van der Waals surface area contributed by atoms with Crippen molar-refractivity contribution in [1.29, 1.82) is 0 Å². The zero-order chi connectivity index (χ0) is 27.2. The number of rotatable bonds is 4. The van der Waals surface area contributed by atoms with Gasteiger partial charge in [-0.2, -0.15) is 18.3 Å². The Morgan fingerprint density at radius 2 is 1.97 bits per heavy atom. The fourth-order valence-corrected chi connectivity index (χ4v) is 5.82. The van der Waals surface area contributed by atoms with Crippen LogP contribution in [-0.4, -0.2) is 63.4 Å². The van der Waals surface area contributed by atoms with E-state index < -0.39 is 45.7 Å². The molecule has 1 aliphatic rings. The Hall–Kier alpha value is -4.01. The highest BCUT2D eigenvalue weighted by molar-refractivity contribution is 7.91. The molecule has 3 heterocycles. The number of carbonyl (C=O) groups is 1. The maximum Gasteiger partial charge on any atom is 0.470 e. The van der Waals surface area contributed by atoms with Crippen molar-refractivity contribution in [1.82, 2.24) is 24.9 Å². The van der Waals surface area contributed by atoms with Gasteiger partial charge in [0.2, 0.25) is 5.89 Å². The summed E-state index contributed by atoms with van der Waals surface area (Å²) in [6, 6.07) is 7.28. The number of aromatic nitrogens is 4. The highest BCUT2D eigenvalue weighted by Crippen LogP contribution is 2.31. The normalized spacial score (nSPS) is 17.6. The van der Waals surface area contributed by atoms with Crippen molar-refractivity contribution in [3.63, 3.8) is 0 Å². The van der Waals surface area contributed by atoms with Gasteiger partial charge in [0.15, 0.2) is 9.84 Å². The Bertz CT molecular complexity index is 1630. The number of alkyl halides is 3. The number of urea groups is 1. The van der Waals surface area contributed by atoms with Crippen LogP contribution in [-0.2, 0) is 29.5 Å². The van der Waals surface area contributed by atoms with E-state index >= 15 is 0 Å². The van der Waals surface area contributed by atoms with Gasteiger partial charge in [0, 0.05) is 30.2 Å². The van der Waals surface area contributed by atoms with Gasteiger partial charge >= 0.3 is 18.1 Å². The van der Waals surface area contributed by atoms with E-state index in [-0.39, 0.29) is 35.6 Å². The fraction of sp³-hybridized carbons (Fsp3) is 0.304. The standard InChI is InChI=1S/C23H20F4N6O4S/c1-32-19-10-16(5-4-15(19)11-28-32)29-22(34)33-6-7-38(35,36)12-17(33)8-13-2-3-14(9-18(13)24)20-30-31-21(37-20)23(25,26)27/h2-5,9-11,17H,6-8,12H2,1H3,(H,29,34). The maximum atomic E-state index is 15.0. The lowest BCUT2D eigenvalue weighted by Crippen LogP contribution is -2.53. The van der Waals surface area contributed by atoms with Crippen LogP contribution in [0, 0.1) is 5.82 Å². The number of aryl methyl sites for hydroxylation is 1. The van der Waals surface area contributed by atoms with Crippen molar-refractivity contribution in [3.8, 4) is 11.5 Å². The largest absolute Gasteiger partial charge is 0.470 e. The number of fused-ring (bicyclic) bond motifs is 1. The minimum Gasteiger partial charge on any atom is -0.413 e. The Morgan fingerprint density at radius 1 is 1.18 bits per heavy atom. The number of carbonyl (C=O) groups excluding carboxylic acids is 1. The molecule has 1 aliphatic heterocycles. The molecule has 0 saturated carbocycles. The van der Waals surface area contributed by atoms with Crippen LogP contribution in [0.25, 0.3) is 22.4 Å².